The lowest BCUT2D eigenvalue weighted by Crippen LogP contribution is -2.37. The number of hydrogen-bond donors (Lipinski definition) is 0. The summed E-state index contributed by atoms with van der Waals surface area (Å²) in [6.45, 7) is 0. The molecule has 2 saturated heterocycles. The molecule has 2 aliphatic rings. The highest BCUT2D eigenvalue weighted by atomic mass is 35.5. The molecular formula is C22H16ClN3O3. The maximum atomic E-state index is 13.4. The lowest BCUT2D eigenvalue weighted by atomic mass is 9.91. The first kappa shape index (κ1) is 17.8. The van der Waals surface area contributed by atoms with Crippen LogP contribution >= 0.6 is 11.6 Å². The van der Waals surface area contributed by atoms with E-state index in [0.717, 1.165) is 11.3 Å². The van der Waals surface area contributed by atoms with Crippen molar-refractivity contribution in [3.8, 4) is 0 Å². The van der Waals surface area contributed by atoms with Gasteiger partial charge in [-0.3, -0.25) is 19.4 Å². The van der Waals surface area contributed by atoms with Crippen molar-refractivity contribution in [3.05, 3.63) is 89.7 Å². The van der Waals surface area contributed by atoms with Gasteiger partial charge in [-0.2, -0.15) is 0 Å². The van der Waals surface area contributed by atoms with E-state index in [2.05, 4.69) is 4.98 Å². The molecule has 2 aromatic carbocycles. The number of rotatable bonds is 3. The summed E-state index contributed by atoms with van der Waals surface area (Å²) in [6.07, 6.45) is 2.48. The average molecular weight is 406 g/mol. The van der Waals surface area contributed by atoms with Gasteiger partial charge in [-0.25, -0.2) is 9.96 Å². The molecule has 0 N–H and O–H groups in total. The Labute approximate surface area is 172 Å². The number of hydroxylamine groups is 1. The van der Waals surface area contributed by atoms with Gasteiger partial charge in [-0.1, -0.05) is 35.9 Å². The molecule has 3 atom stereocenters. The number of fused-ring (bicyclic) bond motifs is 1. The summed E-state index contributed by atoms with van der Waals surface area (Å²) in [5.41, 5.74) is 2.07. The fourth-order valence-corrected chi connectivity index (χ4v) is 4.07. The number of carbonyl (C=O) groups excluding carboxylic acids is 2. The van der Waals surface area contributed by atoms with Crippen molar-refractivity contribution in [1.82, 2.24) is 4.98 Å². The van der Waals surface area contributed by atoms with Gasteiger partial charge in [0.1, 0.15) is 5.92 Å². The minimum Gasteiger partial charge on any atom is -0.273 e. The lowest BCUT2D eigenvalue weighted by Gasteiger charge is -2.28. The molecule has 6 nitrogen and oxygen atoms in total. The lowest BCUT2D eigenvalue weighted by molar-refractivity contribution is -0.126. The highest BCUT2D eigenvalue weighted by Gasteiger charge is 2.60. The largest absolute Gasteiger partial charge is 0.273 e. The Kier molecular flexibility index (Phi) is 4.30. The van der Waals surface area contributed by atoms with Gasteiger partial charge in [0.15, 0.2) is 6.10 Å². The standard InChI is InChI=1S/C22H16ClN3O3/c23-15-8-10-16(11-9-15)25-21(27)18-19(14-5-4-12-24-13-14)26(29-20(18)22(25)28)17-6-2-1-3-7-17/h1-13,18-20H/t18-,19+,20+/m0/s1. The first-order chi connectivity index (χ1) is 14.1. The second-order valence-corrected chi connectivity index (χ2v) is 7.37. The fourth-order valence-electron chi connectivity index (χ4n) is 3.95. The Hall–Kier alpha value is -3.22. The quantitative estimate of drug-likeness (QED) is 0.620. The maximum Gasteiger partial charge on any atom is 0.266 e. The van der Waals surface area contributed by atoms with E-state index in [9.17, 15) is 9.59 Å². The van der Waals surface area contributed by atoms with Crippen LogP contribution in [0, 0.1) is 5.92 Å². The number of aromatic nitrogens is 1. The molecule has 0 saturated carbocycles. The second-order valence-electron chi connectivity index (χ2n) is 6.93. The smallest absolute Gasteiger partial charge is 0.266 e. The van der Waals surface area contributed by atoms with Gasteiger partial charge >= 0.3 is 0 Å². The van der Waals surface area contributed by atoms with Crippen LogP contribution in [0.2, 0.25) is 5.02 Å². The zero-order valence-electron chi connectivity index (χ0n) is 15.2. The van der Waals surface area contributed by atoms with Crippen LogP contribution in [0.1, 0.15) is 11.6 Å². The van der Waals surface area contributed by atoms with E-state index in [0.29, 0.717) is 10.7 Å². The summed E-state index contributed by atoms with van der Waals surface area (Å²) in [5.74, 6) is -1.35. The minimum atomic E-state index is -0.899. The number of nitrogens with zero attached hydrogens (tertiary/aromatic N) is 3. The predicted molar refractivity (Wildman–Crippen MR) is 108 cm³/mol. The zero-order valence-corrected chi connectivity index (χ0v) is 15.9. The van der Waals surface area contributed by atoms with Gasteiger partial charge < -0.3 is 0 Å². The summed E-state index contributed by atoms with van der Waals surface area (Å²) < 4.78 is 0. The highest BCUT2D eigenvalue weighted by Crippen LogP contribution is 2.47. The first-order valence-corrected chi connectivity index (χ1v) is 9.57. The van der Waals surface area contributed by atoms with Gasteiger partial charge in [-0.15, -0.1) is 0 Å². The van der Waals surface area contributed by atoms with Gasteiger partial charge in [-0.05, 0) is 48.0 Å². The topological polar surface area (TPSA) is 62.7 Å². The zero-order chi connectivity index (χ0) is 20.0. The van der Waals surface area contributed by atoms with Gasteiger partial charge in [0.2, 0.25) is 5.91 Å². The highest BCUT2D eigenvalue weighted by molar-refractivity contribution is 6.31. The Balaban J connectivity index is 1.58. The van der Waals surface area contributed by atoms with Gasteiger partial charge in [0, 0.05) is 17.4 Å². The molecule has 2 amide bonds. The second kappa shape index (κ2) is 6.99. The summed E-state index contributed by atoms with van der Waals surface area (Å²) in [4.78, 5) is 38.0. The van der Waals surface area contributed by atoms with E-state index in [1.807, 2.05) is 42.5 Å². The van der Waals surface area contributed by atoms with Crippen LogP contribution in [0.4, 0.5) is 11.4 Å². The number of hydrogen-bond acceptors (Lipinski definition) is 5. The van der Waals surface area contributed by atoms with Crippen LogP contribution in [0.5, 0.6) is 0 Å². The Morgan fingerprint density at radius 3 is 2.31 bits per heavy atom. The van der Waals surface area contributed by atoms with Crippen molar-refractivity contribution < 1.29 is 14.4 Å². The van der Waals surface area contributed by atoms with E-state index in [-0.39, 0.29) is 11.8 Å². The van der Waals surface area contributed by atoms with Crippen LogP contribution in [0.15, 0.2) is 79.1 Å². The molecule has 0 unspecified atom stereocenters. The number of amides is 2. The Morgan fingerprint density at radius 2 is 1.62 bits per heavy atom. The van der Waals surface area contributed by atoms with Crippen molar-refractivity contribution >= 4 is 34.8 Å². The van der Waals surface area contributed by atoms with Crippen LogP contribution in [0.25, 0.3) is 0 Å². The molecule has 2 fully saturated rings. The number of halogens is 1. The minimum absolute atomic E-state index is 0.297. The van der Waals surface area contributed by atoms with Gasteiger partial charge in [0.25, 0.3) is 5.91 Å². The summed E-state index contributed by atoms with van der Waals surface area (Å²) >= 11 is 5.95. The molecule has 0 spiro atoms. The number of para-hydroxylation sites is 1. The fraction of sp³-hybridized carbons (Fsp3) is 0.136. The number of imide groups is 1. The molecule has 3 heterocycles. The van der Waals surface area contributed by atoms with E-state index in [4.69, 9.17) is 16.4 Å². The van der Waals surface area contributed by atoms with Crippen LogP contribution in [0.3, 0.4) is 0 Å². The van der Waals surface area contributed by atoms with E-state index >= 15 is 0 Å². The van der Waals surface area contributed by atoms with Crippen LogP contribution < -0.4 is 9.96 Å². The molecule has 0 aliphatic carbocycles. The number of anilines is 2. The van der Waals surface area contributed by atoms with Crippen molar-refractivity contribution in [3.63, 3.8) is 0 Å². The predicted octanol–water partition coefficient (Wildman–Crippen LogP) is 3.79. The average Bonchev–Trinajstić information content (AvgIpc) is 3.27. The van der Waals surface area contributed by atoms with E-state index in [1.54, 1.807) is 41.7 Å². The maximum absolute atomic E-state index is 13.4. The molecule has 7 heteroatoms. The monoisotopic (exact) mass is 405 g/mol. The third-order valence-corrected chi connectivity index (χ3v) is 5.49. The molecule has 29 heavy (non-hydrogen) atoms. The van der Waals surface area contributed by atoms with Crippen LogP contribution in [-0.2, 0) is 14.4 Å². The Bertz CT molecular complexity index is 1060. The molecule has 0 bridgehead atoms. The SMILES string of the molecule is O=C1[C@H]2[C@@H](c3cccnc3)N(c3ccccc3)O[C@H]2C(=O)N1c1ccc(Cl)cc1. The van der Waals surface area contributed by atoms with E-state index < -0.39 is 18.1 Å². The third-order valence-electron chi connectivity index (χ3n) is 5.24. The van der Waals surface area contributed by atoms with Gasteiger partial charge in [0.05, 0.1) is 17.4 Å². The molecule has 5 rings (SSSR count). The molecule has 2 aliphatic heterocycles. The number of carbonyl (C=O) groups is 2. The Morgan fingerprint density at radius 1 is 0.862 bits per heavy atom. The molecule has 0 radical (unpaired) electrons. The summed E-state index contributed by atoms with van der Waals surface area (Å²) in [5, 5.41) is 2.19. The number of pyridine rings is 1. The summed E-state index contributed by atoms with van der Waals surface area (Å²) in [6, 6.07) is 19.3. The van der Waals surface area contributed by atoms with Crippen molar-refractivity contribution in [1.29, 1.82) is 0 Å². The molecule has 144 valence electrons. The van der Waals surface area contributed by atoms with Crippen molar-refractivity contribution in [2.45, 2.75) is 12.1 Å². The third kappa shape index (κ3) is 2.88. The number of benzene rings is 2. The van der Waals surface area contributed by atoms with E-state index in [1.165, 1.54) is 4.90 Å². The summed E-state index contributed by atoms with van der Waals surface area (Å²) in [7, 11) is 0. The van der Waals surface area contributed by atoms with Crippen LogP contribution in [-0.4, -0.2) is 22.9 Å². The van der Waals surface area contributed by atoms with Crippen molar-refractivity contribution in [2.24, 2.45) is 5.92 Å². The molecular weight excluding hydrogens is 390 g/mol. The normalized spacial score (nSPS) is 23.6. The first-order valence-electron chi connectivity index (χ1n) is 9.19. The van der Waals surface area contributed by atoms with Crippen molar-refractivity contribution in [2.75, 3.05) is 9.96 Å². The molecule has 3 aromatic rings. The molecule has 1 aromatic heterocycles.